The van der Waals surface area contributed by atoms with Crippen LogP contribution in [0.15, 0.2) is 170 Å². The molecule has 7 aromatic carbocycles. The summed E-state index contributed by atoms with van der Waals surface area (Å²) in [5.74, 6) is 0.703. The lowest BCUT2D eigenvalue weighted by molar-refractivity contribution is 1.07. The third-order valence-corrected chi connectivity index (χ3v) is 10.3. The van der Waals surface area contributed by atoms with Gasteiger partial charge in [0.1, 0.15) is 0 Å². The van der Waals surface area contributed by atoms with Crippen LogP contribution in [-0.4, -0.2) is 19.5 Å². The average molecular weight is 662 g/mol. The normalized spacial score (nSPS) is 13.0. The summed E-state index contributed by atoms with van der Waals surface area (Å²) in [6.07, 6.45) is 0. The first-order chi connectivity index (χ1) is 26.9. The molecule has 0 fully saturated rings. The van der Waals surface area contributed by atoms with Crippen LogP contribution in [0.25, 0.3) is 93.0 Å². The fraction of sp³-hybridized carbons (Fsp3) is 0. The first-order valence-corrected chi connectivity index (χ1v) is 17.1. The molecule has 0 saturated carbocycles. The number of hydrogen-bond acceptors (Lipinski definition) is 4. The van der Waals surface area contributed by atoms with Crippen molar-refractivity contribution in [1.82, 2.24) is 19.5 Å². The summed E-state index contributed by atoms with van der Waals surface area (Å²) in [6.45, 7) is 0. The van der Waals surface area contributed by atoms with E-state index in [2.05, 4.69) is 107 Å². The molecular weight excluding hydrogens is 629 g/mol. The number of benzene rings is 7. The standard InChI is InChI=1S/C45H28N4S/c1-4-13-29(14-5-1)43-46-44(30-15-6-2-7-16-30)48-45(47-43)32-23-25-36-41(28-32)50-40-22-12-20-34(42(36)40)31-24-26-39-37(27-31)35-19-10-11-21-38(35)49(39)33-17-8-3-9-18-33/h1-28H/i1D,4D,5D,13D,14D. The van der Waals surface area contributed by atoms with E-state index in [0.717, 1.165) is 53.8 Å². The van der Waals surface area contributed by atoms with Gasteiger partial charge in [0.2, 0.25) is 0 Å². The highest BCUT2D eigenvalue weighted by Gasteiger charge is 2.17. The van der Waals surface area contributed by atoms with Crippen LogP contribution in [0.5, 0.6) is 0 Å². The van der Waals surface area contributed by atoms with Crippen LogP contribution in [0.3, 0.4) is 0 Å². The zero-order valence-corrected chi connectivity index (χ0v) is 27.3. The molecule has 4 nitrogen and oxygen atoms in total. The minimum absolute atomic E-state index is 0.0172. The largest absolute Gasteiger partial charge is 0.309 e. The molecule has 0 aliphatic carbocycles. The van der Waals surface area contributed by atoms with Crippen molar-refractivity contribution in [2.24, 2.45) is 0 Å². The van der Waals surface area contributed by atoms with Gasteiger partial charge in [-0.3, -0.25) is 0 Å². The Morgan fingerprint density at radius 3 is 1.96 bits per heavy atom. The van der Waals surface area contributed by atoms with Gasteiger partial charge < -0.3 is 4.57 Å². The lowest BCUT2D eigenvalue weighted by Gasteiger charge is -2.09. The molecule has 5 heteroatoms. The molecule has 0 unspecified atom stereocenters. The summed E-state index contributed by atoms with van der Waals surface area (Å²) in [7, 11) is 0. The second-order valence-corrected chi connectivity index (χ2v) is 13.2. The van der Waals surface area contributed by atoms with Gasteiger partial charge in [-0.1, -0.05) is 127 Å². The molecule has 3 heterocycles. The molecule has 0 radical (unpaired) electrons. The van der Waals surface area contributed by atoms with Crippen molar-refractivity contribution in [3.05, 3.63) is 170 Å². The van der Waals surface area contributed by atoms with E-state index < -0.39 is 18.1 Å². The summed E-state index contributed by atoms with van der Waals surface area (Å²) >= 11 is 1.69. The summed E-state index contributed by atoms with van der Waals surface area (Å²) in [4.78, 5) is 14.2. The van der Waals surface area contributed by atoms with Crippen LogP contribution in [0, 0.1) is 0 Å². The number of nitrogens with zero attached hydrogens (tertiary/aromatic N) is 4. The van der Waals surface area contributed by atoms with Crippen LogP contribution in [0.1, 0.15) is 6.85 Å². The number of hydrogen-bond donors (Lipinski definition) is 0. The zero-order valence-electron chi connectivity index (χ0n) is 31.5. The second kappa shape index (κ2) is 11.6. The van der Waals surface area contributed by atoms with Gasteiger partial charge in [0.25, 0.3) is 0 Å². The third-order valence-electron chi connectivity index (χ3n) is 9.14. The average Bonchev–Trinajstić information content (AvgIpc) is 3.78. The first-order valence-electron chi connectivity index (χ1n) is 18.8. The Morgan fingerprint density at radius 1 is 0.460 bits per heavy atom. The third kappa shape index (κ3) is 4.71. The molecule has 0 spiro atoms. The number of para-hydroxylation sites is 2. The van der Waals surface area contributed by atoms with E-state index in [9.17, 15) is 0 Å². The summed E-state index contributed by atoms with van der Waals surface area (Å²) in [5.41, 5.74) is 7.09. The molecule has 0 saturated heterocycles. The zero-order chi connectivity index (χ0) is 37.4. The Labute approximate surface area is 299 Å². The van der Waals surface area contributed by atoms with E-state index in [-0.39, 0.29) is 23.5 Å². The van der Waals surface area contributed by atoms with E-state index >= 15 is 0 Å². The molecule has 10 aromatic rings. The minimum atomic E-state index is -0.468. The Hall–Kier alpha value is -6.43. The van der Waals surface area contributed by atoms with Gasteiger partial charge in [-0.05, 0) is 53.6 Å². The van der Waals surface area contributed by atoms with Gasteiger partial charge in [-0.25, -0.2) is 15.0 Å². The molecule has 3 aromatic heterocycles. The van der Waals surface area contributed by atoms with E-state index in [1.54, 1.807) is 11.3 Å². The van der Waals surface area contributed by atoms with Crippen LogP contribution < -0.4 is 0 Å². The van der Waals surface area contributed by atoms with Crippen molar-refractivity contribution >= 4 is 53.3 Å². The predicted molar refractivity (Wildman–Crippen MR) is 209 cm³/mol. The van der Waals surface area contributed by atoms with Crippen LogP contribution >= 0.6 is 11.3 Å². The molecule has 234 valence electrons. The molecule has 50 heavy (non-hydrogen) atoms. The molecule has 0 N–H and O–H groups in total. The van der Waals surface area contributed by atoms with Crippen molar-refractivity contribution < 1.29 is 6.85 Å². The Balaban J connectivity index is 1.14. The van der Waals surface area contributed by atoms with Crippen molar-refractivity contribution in [3.8, 4) is 51.0 Å². The highest BCUT2D eigenvalue weighted by molar-refractivity contribution is 7.26. The first kappa shape index (κ1) is 23.8. The fourth-order valence-electron chi connectivity index (χ4n) is 6.90. The van der Waals surface area contributed by atoms with E-state index in [4.69, 9.17) is 16.8 Å². The molecule has 0 aliphatic rings. The van der Waals surface area contributed by atoms with Crippen LogP contribution in [0.4, 0.5) is 0 Å². The Kier molecular flexibility index (Phi) is 5.54. The maximum atomic E-state index is 8.64. The maximum Gasteiger partial charge on any atom is 0.164 e. The lowest BCUT2D eigenvalue weighted by Crippen LogP contribution is -1.99. The molecule has 0 amide bonds. The van der Waals surface area contributed by atoms with Gasteiger partial charge >= 0.3 is 0 Å². The molecule has 0 atom stereocenters. The number of rotatable bonds is 5. The second-order valence-electron chi connectivity index (χ2n) is 12.1. The number of thiophene rings is 1. The van der Waals surface area contributed by atoms with E-state index in [0.29, 0.717) is 11.6 Å². The predicted octanol–water partition coefficient (Wildman–Crippen LogP) is 12.0. The van der Waals surface area contributed by atoms with Crippen molar-refractivity contribution in [2.75, 3.05) is 0 Å². The maximum absolute atomic E-state index is 8.64. The van der Waals surface area contributed by atoms with Crippen molar-refractivity contribution in [3.63, 3.8) is 0 Å². The van der Waals surface area contributed by atoms with Gasteiger partial charge in [-0.2, -0.15) is 0 Å². The van der Waals surface area contributed by atoms with Crippen LogP contribution in [0.2, 0.25) is 0 Å². The van der Waals surface area contributed by atoms with Crippen molar-refractivity contribution in [2.45, 2.75) is 0 Å². The van der Waals surface area contributed by atoms with Gasteiger partial charge in [0.05, 0.1) is 17.9 Å². The van der Waals surface area contributed by atoms with E-state index in [1.165, 1.54) is 16.2 Å². The SMILES string of the molecule is [2H]c1c([2H])c([2H])c(-c2nc(-c3ccccc3)nc(-c3ccc4c(c3)sc3cccc(-c5ccc6c(c5)c5ccccc5n6-c5ccccc5)c34)n2)c([2H])c1[2H]. The van der Waals surface area contributed by atoms with Gasteiger partial charge in [-0.15, -0.1) is 11.3 Å². The Morgan fingerprint density at radius 2 is 1.14 bits per heavy atom. The van der Waals surface area contributed by atoms with Crippen LogP contribution in [-0.2, 0) is 0 Å². The monoisotopic (exact) mass is 661 g/mol. The minimum Gasteiger partial charge on any atom is -0.309 e. The van der Waals surface area contributed by atoms with Gasteiger partial charge in [0, 0.05) is 53.3 Å². The topological polar surface area (TPSA) is 43.6 Å². The molecular formula is C45H28N4S. The Bertz CT molecular complexity index is 3130. The smallest absolute Gasteiger partial charge is 0.164 e. The summed E-state index contributed by atoms with van der Waals surface area (Å²) < 4.78 is 46.4. The van der Waals surface area contributed by atoms with Crippen molar-refractivity contribution in [1.29, 1.82) is 0 Å². The molecule has 10 rings (SSSR count). The highest BCUT2D eigenvalue weighted by Crippen LogP contribution is 2.43. The number of aromatic nitrogens is 4. The fourth-order valence-corrected chi connectivity index (χ4v) is 8.07. The summed E-state index contributed by atoms with van der Waals surface area (Å²) in [6, 6.07) is 45.7. The lowest BCUT2D eigenvalue weighted by atomic mass is 9.97. The number of fused-ring (bicyclic) bond motifs is 6. The van der Waals surface area contributed by atoms with Gasteiger partial charge in [0.15, 0.2) is 17.5 Å². The quantitative estimate of drug-likeness (QED) is 0.184. The highest BCUT2D eigenvalue weighted by atomic mass is 32.1. The van der Waals surface area contributed by atoms with E-state index in [1.807, 2.05) is 42.5 Å². The molecule has 0 aliphatic heterocycles. The molecule has 0 bridgehead atoms. The summed E-state index contributed by atoms with van der Waals surface area (Å²) in [5, 5.41) is 4.66.